The molecule has 0 aliphatic heterocycles. The van der Waals surface area contributed by atoms with Crippen LogP contribution in [-0.4, -0.2) is 23.3 Å². The molecule has 0 aliphatic rings. The molecule has 1 aromatic heterocycles. The molecule has 0 saturated carbocycles. The van der Waals surface area contributed by atoms with E-state index >= 15 is 0 Å². The normalized spacial score (nSPS) is 11.6. The van der Waals surface area contributed by atoms with Crippen molar-refractivity contribution in [2.24, 2.45) is 0 Å². The van der Waals surface area contributed by atoms with E-state index < -0.39 is 21.0 Å². The van der Waals surface area contributed by atoms with Crippen LogP contribution in [0.25, 0.3) is 11.3 Å². The van der Waals surface area contributed by atoms with Crippen molar-refractivity contribution >= 4 is 10.1 Å². The number of nitrogens with zero attached hydrogens (tertiary/aromatic N) is 2. The van der Waals surface area contributed by atoms with Crippen molar-refractivity contribution in [1.29, 1.82) is 0 Å². The molecule has 0 saturated heterocycles. The number of hydrogen-bond donors (Lipinski definition) is 1. The third-order valence-electron chi connectivity index (χ3n) is 1.82. The van der Waals surface area contributed by atoms with Gasteiger partial charge in [0.2, 0.25) is 0 Å². The van der Waals surface area contributed by atoms with Crippen LogP contribution in [0.4, 0.5) is 4.39 Å². The first-order valence-electron chi connectivity index (χ1n) is 4.04. The van der Waals surface area contributed by atoms with Gasteiger partial charge in [0.15, 0.2) is 5.69 Å². The number of halogens is 1. The average Bonchev–Trinajstić information content (AvgIpc) is 2.66. The van der Waals surface area contributed by atoms with Crippen molar-refractivity contribution in [2.45, 2.75) is 5.03 Å². The molecule has 0 radical (unpaired) electrons. The highest BCUT2D eigenvalue weighted by molar-refractivity contribution is 7.85. The molecule has 0 bridgehead atoms. The van der Waals surface area contributed by atoms with E-state index in [9.17, 15) is 12.8 Å². The Labute approximate surface area is 89.4 Å². The number of hydrogen-bond acceptors (Lipinski definition) is 5. The van der Waals surface area contributed by atoms with Gasteiger partial charge in [-0.15, -0.1) is 0 Å². The Morgan fingerprint density at radius 1 is 1.19 bits per heavy atom. The zero-order valence-electron chi connectivity index (χ0n) is 7.66. The molecule has 0 spiro atoms. The van der Waals surface area contributed by atoms with Crippen LogP contribution >= 0.6 is 0 Å². The molecule has 0 aliphatic carbocycles. The first-order valence-corrected chi connectivity index (χ1v) is 5.48. The Morgan fingerprint density at radius 2 is 1.81 bits per heavy atom. The fourth-order valence-corrected chi connectivity index (χ4v) is 1.66. The Bertz CT molecular complexity index is 605. The molecule has 0 unspecified atom stereocenters. The van der Waals surface area contributed by atoms with Crippen LogP contribution < -0.4 is 0 Å². The van der Waals surface area contributed by atoms with Crippen LogP contribution in [-0.2, 0) is 10.1 Å². The van der Waals surface area contributed by atoms with Crippen molar-refractivity contribution in [3.63, 3.8) is 0 Å². The summed E-state index contributed by atoms with van der Waals surface area (Å²) < 4.78 is 47.4. The summed E-state index contributed by atoms with van der Waals surface area (Å²) in [6.45, 7) is 0. The number of benzene rings is 1. The third-order valence-corrected chi connectivity index (χ3v) is 2.58. The van der Waals surface area contributed by atoms with Crippen LogP contribution in [0.1, 0.15) is 0 Å². The van der Waals surface area contributed by atoms with Crippen LogP contribution in [0.2, 0.25) is 0 Å². The molecule has 84 valence electrons. The topological polar surface area (TPSA) is 93.3 Å². The molecule has 0 atom stereocenters. The quantitative estimate of drug-likeness (QED) is 0.795. The molecule has 16 heavy (non-hydrogen) atoms. The standard InChI is InChI=1S/C8H5FN2O4S/c9-6-3-1-5(2-4-6)7-8(11-15-10-7)16(12,13)14/h1-4H,(H,12,13,14). The molecule has 2 rings (SSSR count). The van der Waals surface area contributed by atoms with Gasteiger partial charge in [-0.3, -0.25) is 4.55 Å². The van der Waals surface area contributed by atoms with Crippen molar-refractivity contribution in [1.82, 2.24) is 10.3 Å². The summed E-state index contributed by atoms with van der Waals surface area (Å²) in [5, 5.41) is 5.71. The van der Waals surface area contributed by atoms with E-state index in [1.807, 2.05) is 0 Å². The van der Waals surface area contributed by atoms with Crippen molar-refractivity contribution in [3.8, 4) is 11.3 Å². The Hall–Kier alpha value is -1.80. The second-order valence-electron chi connectivity index (χ2n) is 2.90. The van der Waals surface area contributed by atoms with Gasteiger partial charge in [0.05, 0.1) is 0 Å². The summed E-state index contributed by atoms with van der Waals surface area (Å²) in [7, 11) is -4.51. The van der Waals surface area contributed by atoms with E-state index in [0.717, 1.165) is 12.1 Å². The predicted octanol–water partition coefficient (Wildman–Crippen LogP) is 1.12. The molecule has 1 N–H and O–H groups in total. The lowest BCUT2D eigenvalue weighted by atomic mass is 10.2. The fraction of sp³-hybridized carbons (Fsp3) is 0. The van der Waals surface area contributed by atoms with Crippen LogP contribution in [0.3, 0.4) is 0 Å². The molecule has 0 amide bonds. The summed E-state index contributed by atoms with van der Waals surface area (Å²) in [6, 6.07) is 4.84. The van der Waals surface area contributed by atoms with Gasteiger partial charge in [0.1, 0.15) is 5.82 Å². The number of aromatic nitrogens is 2. The number of rotatable bonds is 2. The Morgan fingerprint density at radius 3 is 2.38 bits per heavy atom. The average molecular weight is 244 g/mol. The molecule has 1 aromatic carbocycles. The van der Waals surface area contributed by atoms with Crippen LogP contribution in [0.15, 0.2) is 33.9 Å². The first kappa shape index (κ1) is 10.7. The molecule has 0 fully saturated rings. The van der Waals surface area contributed by atoms with Gasteiger partial charge in [0.25, 0.3) is 5.03 Å². The summed E-state index contributed by atoms with van der Waals surface area (Å²) in [6.07, 6.45) is 0. The van der Waals surface area contributed by atoms with E-state index in [1.165, 1.54) is 12.1 Å². The summed E-state index contributed by atoms with van der Waals surface area (Å²) >= 11 is 0. The molecule has 1 heterocycles. The minimum absolute atomic E-state index is 0.164. The van der Waals surface area contributed by atoms with E-state index in [0.29, 0.717) is 0 Å². The highest BCUT2D eigenvalue weighted by atomic mass is 32.2. The van der Waals surface area contributed by atoms with E-state index in [1.54, 1.807) is 0 Å². The molecular formula is C8H5FN2O4S. The zero-order valence-corrected chi connectivity index (χ0v) is 8.48. The van der Waals surface area contributed by atoms with Crippen molar-refractivity contribution in [2.75, 3.05) is 0 Å². The maximum absolute atomic E-state index is 12.6. The van der Waals surface area contributed by atoms with Gasteiger partial charge in [-0.1, -0.05) is 0 Å². The highest BCUT2D eigenvalue weighted by Crippen LogP contribution is 2.23. The lowest BCUT2D eigenvalue weighted by molar-refractivity contribution is 0.296. The third kappa shape index (κ3) is 1.92. The summed E-state index contributed by atoms with van der Waals surface area (Å²) in [5.41, 5.74) is 0.109. The van der Waals surface area contributed by atoms with Gasteiger partial charge in [-0.2, -0.15) is 8.42 Å². The molecular weight excluding hydrogens is 239 g/mol. The summed E-state index contributed by atoms with van der Waals surface area (Å²) in [4.78, 5) is 0. The van der Waals surface area contributed by atoms with E-state index in [4.69, 9.17) is 4.55 Å². The lowest BCUT2D eigenvalue weighted by Gasteiger charge is -1.96. The van der Waals surface area contributed by atoms with E-state index in [-0.39, 0.29) is 11.3 Å². The van der Waals surface area contributed by atoms with Crippen LogP contribution in [0.5, 0.6) is 0 Å². The lowest BCUT2D eigenvalue weighted by Crippen LogP contribution is -2.00. The highest BCUT2D eigenvalue weighted by Gasteiger charge is 2.23. The smallest absolute Gasteiger partial charge is 0.280 e. The fourth-order valence-electron chi connectivity index (χ4n) is 1.13. The van der Waals surface area contributed by atoms with Gasteiger partial charge in [-0.25, -0.2) is 9.02 Å². The monoisotopic (exact) mass is 244 g/mol. The van der Waals surface area contributed by atoms with Crippen molar-refractivity contribution < 1.29 is 22.0 Å². The molecule has 6 nitrogen and oxygen atoms in total. The van der Waals surface area contributed by atoms with Gasteiger partial charge in [0, 0.05) is 5.56 Å². The van der Waals surface area contributed by atoms with E-state index in [2.05, 4.69) is 14.9 Å². The van der Waals surface area contributed by atoms with Crippen LogP contribution in [0, 0.1) is 5.82 Å². The molecule has 2 aromatic rings. The molecule has 8 heteroatoms. The Kier molecular flexibility index (Phi) is 2.44. The predicted molar refractivity (Wildman–Crippen MR) is 49.5 cm³/mol. The first-order chi connectivity index (χ1) is 7.48. The van der Waals surface area contributed by atoms with Gasteiger partial charge < -0.3 is 0 Å². The van der Waals surface area contributed by atoms with Gasteiger partial charge in [-0.05, 0) is 34.6 Å². The Balaban J connectivity index is 2.58. The minimum Gasteiger partial charge on any atom is -0.280 e. The second-order valence-corrected chi connectivity index (χ2v) is 4.24. The zero-order chi connectivity index (χ0) is 11.8. The largest absolute Gasteiger partial charge is 0.318 e. The maximum Gasteiger partial charge on any atom is 0.318 e. The summed E-state index contributed by atoms with van der Waals surface area (Å²) in [5.74, 6) is -0.478. The van der Waals surface area contributed by atoms with Crippen molar-refractivity contribution in [3.05, 3.63) is 30.1 Å². The minimum atomic E-state index is -4.51. The SMILES string of the molecule is O=S(=O)(O)c1nonc1-c1ccc(F)cc1. The maximum atomic E-state index is 12.6. The van der Waals surface area contributed by atoms with Gasteiger partial charge >= 0.3 is 10.1 Å². The second kappa shape index (κ2) is 3.65.